The molecule has 0 aliphatic carbocycles. The molecule has 1 atom stereocenters. The maximum Gasteiger partial charge on any atom is 0.0801 e. The van der Waals surface area contributed by atoms with Crippen molar-refractivity contribution in [2.75, 3.05) is 0 Å². The van der Waals surface area contributed by atoms with Gasteiger partial charge in [0.2, 0.25) is 0 Å². The number of hydrogen-bond acceptors (Lipinski definition) is 1. The van der Waals surface area contributed by atoms with Crippen LogP contribution in [0.4, 0.5) is 0 Å². The van der Waals surface area contributed by atoms with Crippen molar-refractivity contribution in [1.29, 1.82) is 0 Å². The molecule has 0 aliphatic rings. The smallest absolute Gasteiger partial charge is 0.0801 e. The number of benzene rings is 1. The SMILES string of the molecule is CCCCCCCCCC(O)c1cc(C)ccc1Br. The number of rotatable bonds is 9. The van der Waals surface area contributed by atoms with Crippen molar-refractivity contribution in [3.8, 4) is 0 Å². The molecule has 108 valence electrons. The monoisotopic (exact) mass is 326 g/mol. The highest BCUT2D eigenvalue weighted by Gasteiger charge is 2.10. The summed E-state index contributed by atoms with van der Waals surface area (Å²) in [6, 6.07) is 6.17. The number of hydrogen-bond donors (Lipinski definition) is 1. The zero-order valence-corrected chi connectivity index (χ0v) is 13.9. The Kier molecular flexibility index (Phi) is 8.40. The quantitative estimate of drug-likeness (QED) is 0.557. The van der Waals surface area contributed by atoms with E-state index in [-0.39, 0.29) is 6.10 Å². The van der Waals surface area contributed by atoms with E-state index in [0.29, 0.717) is 0 Å². The summed E-state index contributed by atoms with van der Waals surface area (Å²) in [6.07, 6.45) is 9.58. The Morgan fingerprint density at radius 3 is 2.37 bits per heavy atom. The van der Waals surface area contributed by atoms with E-state index in [1.54, 1.807) is 0 Å². The molecule has 0 aliphatic heterocycles. The van der Waals surface area contributed by atoms with Gasteiger partial charge in [0.1, 0.15) is 0 Å². The van der Waals surface area contributed by atoms with Crippen LogP contribution < -0.4 is 0 Å². The van der Waals surface area contributed by atoms with Crippen LogP contribution in [0.1, 0.15) is 75.5 Å². The standard InChI is InChI=1S/C17H27BrO/c1-3-4-5-6-7-8-9-10-17(19)15-13-14(2)11-12-16(15)18/h11-13,17,19H,3-10H2,1-2H3. The number of aryl methyl sites for hydroxylation is 1. The third kappa shape index (κ3) is 6.58. The molecule has 0 amide bonds. The normalized spacial score (nSPS) is 12.6. The molecule has 2 heteroatoms. The average Bonchev–Trinajstić information content (AvgIpc) is 2.40. The van der Waals surface area contributed by atoms with E-state index in [0.717, 1.165) is 22.9 Å². The zero-order chi connectivity index (χ0) is 14.1. The third-order valence-corrected chi connectivity index (χ3v) is 4.31. The maximum absolute atomic E-state index is 10.2. The Morgan fingerprint density at radius 1 is 1.05 bits per heavy atom. The first-order chi connectivity index (χ1) is 9.15. The second kappa shape index (κ2) is 9.55. The van der Waals surface area contributed by atoms with Crippen molar-refractivity contribution < 1.29 is 5.11 Å². The lowest BCUT2D eigenvalue weighted by Gasteiger charge is -2.13. The van der Waals surface area contributed by atoms with Crippen LogP contribution in [0.3, 0.4) is 0 Å². The minimum absolute atomic E-state index is 0.329. The first-order valence-electron chi connectivity index (χ1n) is 7.59. The van der Waals surface area contributed by atoms with E-state index >= 15 is 0 Å². The molecule has 19 heavy (non-hydrogen) atoms. The molecule has 0 saturated carbocycles. The van der Waals surface area contributed by atoms with Gasteiger partial charge in [0, 0.05) is 4.47 Å². The molecule has 1 nitrogen and oxygen atoms in total. The Bertz CT molecular complexity index is 362. The second-order valence-corrected chi connectivity index (χ2v) is 6.31. The van der Waals surface area contributed by atoms with Gasteiger partial charge in [-0.3, -0.25) is 0 Å². The van der Waals surface area contributed by atoms with Crippen molar-refractivity contribution in [2.45, 2.75) is 71.3 Å². The van der Waals surface area contributed by atoms with Crippen LogP contribution in [0.5, 0.6) is 0 Å². The van der Waals surface area contributed by atoms with Crippen LogP contribution in [0.2, 0.25) is 0 Å². The highest BCUT2D eigenvalue weighted by Crippen LogP contribution is 2.28. The lowest BCUT2D eigenvalue weighted by molar-refractivity contribution is 0.162. The molecular formula is C17H27BrO. The molecule has 0 aromatic heterocycles. The van der Waals surface area contributed by atoms with Gasteiger partial charge < -0.3 is 5.11 Å². The lowest BCUT2D eigenvalue weighted by atomic mass is 10.0. The largest absolute Gasteiger partial charge is 0.388 e. The van der Waals surface area contributed by atoms with E-state index in [9.17, 15) is 5.11 Å². The molecule has 0 saturated heterocycles. The number of halogens is 1. The van der Waals surface area contributed by atoms with Crippen LogP contribution >= 0.6 is 15.9 Å². The van der Waals surface area contributed by atoms with Crippen molar-refractivity contribution in [3.05, 3.63) is 33.8 Å². The Morgan fingerprint density at radius 2 is 1.68 bits per heavy atom. The summed E-state index contributed by atoms with van der Waals surface area (Å²) < 4.78 is 1.02. The molecule has 0 heterocycles. The molecule has 0 radical (unpaired) electrons. The topological polar surface area (TPSA) is 20.2 Å². The fraction of sp³-hybridized carbons (Fsp3) is 0.647. The van der Waals surface area contributed by atoms with E-state index < -0.39 is 0 Å². The van der Waals surface area contributed by atoms with E-state index in [4.69, 9.17) is 0 Å². The predicted octanol–water partition coefficient (Wildman–Crippen LogP) is 5.93. The van der Waals surface area contributed by atoms with Gasteiger partial charge in [-0.2, -0.15) is 0 Å². The second-order valence-electron chi connectivity index (χ2n) is 5.45. The minimum atomic E-state index is -0.329. The Hall–Kier alpha value is -0.340. The van der Waals surface area contributed by atoms with Crippen molar-refractivity contribution in [3.63, 3.8) is 0 Å². The summed E-state index contributed by atoms with van der Waals surface area (Å²) in [4.78, 5) is 0. The van der Waals surface area contributed by atoms with Gasteiger partial charge in [-0.15, -0.1) is 0 Å². The van der Waals surface area contributed by atoms with Crippen LogP contribution in [-0.2, 0) is 0 Å². The number of unbranched alkanes of at least 4 members (excludes halogenated alkanes) is 6. The molecule has 1 unspecified atom stereocenters. The molecule has 1 aromatic rings. The van der Waals surface area contributed by atoms with Gasteiger partial charge in [0.25, 0.3) is 0 Å². The summed E-state index contributed by atoms with van der Waals surface area (Å²) in [5.74, 6) is 0. The van der Waals surface area contributed by atoms with Crippen LogP contribution in [0.15, 0.2) is 22.7 Å². The Balaban J connectivity index is 2.23. The zero-order valence-electron chi connectivity index (χ0n) is 12.3. The molecule has 1 rings (SSSR count). The van der Waals surface area contributed by atoms with Crippen molar-refractivity contribution in [1.82, 2.24) is 0 Å². The van der Waals surface area contributed by atoms with Gasteiger partial charge in [-0.05, 0) is 25.0 Å². The van der Waals surface area contributed by atoms with Gasteiger partial charge >= 0.3 is 0 Å². The highest BCUT2D eigenvalue weighted by atomic mass is 79.9. The predicted molar refractivity (Wildman–Crippen MR) is 86.4 cm³/mol. The summed E-state index contributed by atoms with van der Waals surface area (Å²) in [6.45, 7) is 4.31. The molecule has 0 spiro atoms. The summed E-state index contributed by atoms with van der Waals surface area (Å²) in [7, 11) is 0. The summed E-state index contributed by atoms with van der Waals surface area (Å²) in [5, 5.41) is 10.2. The van der Waals surface area contributed by atoms with E-state index in [1.165, 1.54) is 44.1 Å². The van der Waals surface area contributed by atoms with Gasteiger partial charge in [0.05, 0.1) is 6.10 Å². The van der Waals surface area contributed by atoms with E-state index in [2.05, 4.69) is 41.9 Å². The molecule has 0 bridgehead atoms. The molecular weight excluding hydrogens is 300 g/mol. The van der Waals surface area contributed by atoms with Crippen LogP contribution in [0, 0.1) is 6.92 Å². The van der Waals surface area contributed by atoms with Gasteiger partial charge in [-0.25, -0.2) is 0 Å². The first-order valence-corrected chi connectivity index (χ1v) is 8.38. The minimum Gasteiger partial charge on any atom is -0.388 e. The maximum atomic E-state index is 10.2. The van der Waals surface area contributed by atoms with Gasteiger partial charge in [-0.1, -0.05) is 85.5 Å². The summed E-state index contributed by atoms with van der Waals surface area (Å²) >= 11 is 3.52. The van der Waals surface area contributed by atoms with Crippen LogP contribution in [0.25, 0.3) is 0 Å². The fourth-order valence-electron chi connectivity index (χ4n) is 2.37. The average molecular weight is 327 g/mol. The van der Waals surface area contributed by atoms with Crippen LogP contribution in [-0.4, -0.2) is 5.11 Å². The first kappa shape index (κ1) is 16.7. The highest BCUT2D eigenvalue weighted by molar-refractivity contribution is 9.10. The summed E-state index contributed by atoms with van der Waals surface area (Å²) in [5.41, 5.74) is 2.24. The van der Waals surface area contributed by atoms with Crippen molar-refractivity contribution in [2.24, 2.45) is 0 Å². The molecule has 1 aromatic carbocycles. The van der Waals surface area contributed by atoms with Gasteiger partial charge in [0.15, 0.2) is 0 Å². The van der Waals surface area contributed by atoms with E-state index in [1.807, 2.05) is 6.07 Å². The number of aliphatic hydroxyl groups excluding tert-OH is 1. The molecule has 1 N–H and O–H groups in total. The number of aliphatic hydroxyl groups is 1. The lowest BCUT2D eigenvalue weighted by Crippen LogP contribution is -1.99. The van der Waals surface area contributed by atoms with Crippen molar-refractivity contribution >= 4 is 15.9 Å². The third-order valence-electron chi connectivity index (χ3n) is 3.59. The fourth-order valence-corrected chi connectivity index (χ4v) is 2.88. The Labute approximate surface area is 126 Å². The molecule has 0 fully saturated rings.